The van der Waals surface area contributed by atoms with E-state index < -0.39 is 0 Å². The average Bonchev–Trinajstić information content (AvgIpc) is 2.69. The van der Waals surface area contributed by atoms with Crippen LogP contribution in [0.3, 0.4) is 0 Å². The fourth-order valence-corrected chi connectivity index (χ4v) is 4.62. The standard InChI is InChI=1S/C23H26O2/c1-2-23(24)19-9-13-21(14-10-19)25-20-11-7-18(8-12-20)22-15-16-3-5-17(22)6-4-16/h7-14,16-17,22H,2-6,15H2,1H3. The van der Waals surface area contributed by atoms with Crippen molar-refractivity contribution in [2.75, 3.05) is 0 Å². The molecule has 0 N–H and O–H groups in total. The molecule has 0 radical (unpaired) electrons. The summed E-state index contributed by atoms with van der Waals surface area (Å²) in [5, 5.41) is 0. The zero-order chi connectivity index (χ0) is 17.2. The molecule has 25 heavy (non-hydrogen) atoms. The van der Waals surface area contributed by atoms with Crippen molar-refractivity contribution in [1.82, 2.24) is 0 Å². The van der Waals surface area contributed by atoms with Crippen LogP contribution in [-0.4, -0.2) is 5.78 Å². The first-order valence-electron chi connectivity index (χ1n) is 9.64. The monoisotopic (exact) mass is 334 g/mol. The van der Waals surface area contributed by atoms with Gasteiger partial charge in [0, 0.05) is 12.0 Å². The summed E-state index contributed by atoms with van der Waals surface area (Å²) < 4.78 is 5.94. The molecule has 0 aromatic heterocycles. The Balaban J connectivity index is 1.43. The Morgan fingerprint density at radius 1 is 0.920 bits per heavy atom. The van der Waals surface area contributed by atoms with Gasteiger partial charge in [0.1, 0.15) is 11.5 Å². The smallest absolute Gasteiger partial charge is 0.162 e. The predicted molar refractivity (Wildman–Crippen MR) is 100 cm³/mol. The van der Waals surface area contributed by atoms with Crippen LogP contribution in [0.25, 0.3) is 0 Å². The molecule has 1 atom stereocenters. The molecule has 0 spiro atoms. The van der Waals surface area contributed by atoms with Crippen LogP contribution in [0.2, 0.25) is 0 Å². The first-order valence-corrected chi connectivity index (χ1v) is 9.64. The van der Waals surface area contributed by atoms with Crippen molar-refractivity contribution in [2.45, 2.75) is 51.4 Å². The maximum absolute atomic E-state index is 11.7. The van der Waals surface area contributed by atoms with E-state index in [2.05, 4.69) is 24.3 Å². The van der Waals surface area contributed by atoms with E-state index in [1.807, 2.05) is 31.2 Å². The molecule has 3 fully saturated rings. The third-order valence-corrected chi connectivity index (χ3v) is 6.09. The third-order valence-electron chi connectivity index (χ3n) is 6.09. The number of benzene rings is 2. The summed E-state index contributed by atoms with van der Waals surface area (Å²) in [5.74, 6) is 4.39. The van der Waals surface area contributed by atoms with E-state index in [-0.39, 0.29) is 5.78 Å². The molecule has 2 bridgehead atoms. The van der Waals surface area contributed by atoms with Crippen LogP contribution < -0.4 is 4.74 Å². The fourth-order valence-electron chi connectivity index (χ4n) is 4.62. The molecule has 3 aliphatic carbocycles. The lowest BCUT2D eigenvalue weighted by molar-refractivity contribution is 0.0988. The van der Waals surface area contributed by atoms with Crippen LogP contribution in [0.1, 0.15) is 67.3 Å². The number of hydrogen-bond donors (Lipinski definition) is 0. The van der Waals surface area contributed by atoms with Gasteiger partial charge >= 0.3 is 0 Å². The molecule has 3 saturated carbocycles. The fraction of sp³-hybridized carbons (Fsp3) is 0.435. The lowest BCUT2D eigenvalue weighted by Gasteiger charge is -2.42. The van der Waals surface area contributed by atoms with Crippen molar-refractivity contribution >= 4 is 5.78 Å². The van der Waals surface area contributed by atoms with E-state index >= 15 is 0 Å². The summed E-state index contributed by atoms with van der Waals surface area (Å²) in [4.78, 5) is 11.7. The first-order chi connectivity index (χ1) is 12.2. The minimum Gasteiger partial charge on any atom is -0.457 e. The lowest BCUT2D eigenvalue weighted by Crippen LogP contribution is -2.29. The van der Waals surface area contributed by atoms with Crippen LogP contribution in [0.15, 0.2) is 48.5 Å². The van der Waals surface area contributed by atoms with Crippen molar-refractivity contribution in [3.05, 3.63) is 59.7 Å². The Kier molecular flexibility index (Phi) is 4.61. The maximum atomic E-state index is 11.7. The summed E-state index contributed by atoms with van der Waals surface area (Å²) in [6.45, 7) is 1.88. The summed E-state index contributed by atoms with van der Waals surface area (Å²) in [7, 11) is 0. The van der Waals surface area contributed by atoms with Gasteiger partial charge < -0.3 is 4.74 Å². The number of hydrogen-bond acceptors (Lipinski definition) is 2. The minimum atomic E-state index is 0.165. The van der Waals surface area contributed by atoms with Crippen molar-refractivity contribution in [2.24, 2.45) is 11.8 Å². The summed E-state index contributed by atoms with van der Waals surface area (Å²) in [6.07, 6.45) is 7.62. The van der Waals surface area contributed by atoms with Gasteiger partial charge in [0.15, 0.2) is 5.78 Å². The van der Waals surface area contributed by atoms with Gasteiger partial charge in [-0.1, -0.05) is 31.9 Å². The number of fused-ring (bicyclic) bond motifs is 3. The van der Waals surface area contributed by atoms with E-state index in [1.54, 1.807) is 0 Å². The van der Waals surface area contributed by atoms with Gasteiger partial charge in [0.05, 0.1) is 0 Å². The minimum absolute atomic E-state index is 0.165. The largest absolute Gasteiger partial charge is 0.457 e. The number of Topliss-reactive ketones (excluding diaryl/α,β-unsaturated/α-hetero) is 1. The maximum Gasteiger partial charge on any atom is 0.162 e. The quantitative estimate of drug-likeness (QED) is 0.594. The predicted octanol–water partition coefficient (Wildman–Crippen LogP) is 6.37. The third kappa shape index (κ3) is 3.49. The van der Waals surface area contributed by atoms with Crippen LogP contribution in [-0.2, 0) is 0 Å². The average molecular weight is 334 g/mol. The molecule has 130 valence electrons. The SMILES string of the molecule is CCC(=O)c1ccc(Oc2ccc(C3CC4CCC3CC4)cc2)cc1. The first kappa shape index (κ1) is 16.4. The molecule has 2 aromatic rings. The normalized spacial score (nSPS) is 24.9. The number of carbonyl (C=O) groups excluding carboxylic acids is 1. The number of rotatable bonds is 5. The van der Waals surface area contributed by atoms with Crippen LogP contribution >= 0.6 is 0 Å². The highest BCUT2D eigenvalue weighted by Crippen LogP contribution is 2.49. The molecule has 0 aliphatic heterocycles. The highest BCUT2D eigenvalue weighted by atomic mass is 16.5. The zero-order valence-electron chi connectivity index (χ0n) is 14.9. The van der Waals surface area contributed by atoms with E-state index in [4.69, 9.17) is 4.74 Å². The van der Waals surface area contributed by atoms with Crippen molar-refractivity contribution < 1.29 is 9.53 Å². The summed E-state index contributed by atoms with van der Waals surface area (Å²) >= 11 is 0. The molecule has 0 saturated heterocycles. The molecule has 2 heteroatoms. The number of ketones is 1. The Morgan fingerprint density at radius 2 is 1.52 bits per heavy atom. The number of ether oxygens (including phenoxy) is 1. The Hall–Kier alpha value is -2.09. The van der Waals surface area contributed by atoms with E-state index in [1.165, 1.54) is 37.7 Å². The van der Waals surface area contributed by atoms with E-state index in [0.29, 0.717) is 6.42 Å². The van der Waals surface area contributed by atoms with Gasteiger partial charge in [-0.15, -0.1) is 0 Å². The highest BCUT2D eigenvalue weighted by Gasteiger charge is 2.36. The highest BCUT2D eigenvalue weighted by molar-refractivity contribution is 5.95. The van der Waals surface area contributed by atoms with Gasteiger partial charge in [-0.05, 0) is 79.0 Å². The second-order valence-electron chi connectivity index (χ2n) is 7.60. The molecule has 2 aromatic carbocycles. The van der Waals surface area contributed by atoms with Gasteiger partial charge in [-0.25, -0.2) is 0 Å². The van der Waals surface area contributed by atoms with Crippen molar-refractivity contribution in [3.8, 4) is 11.5 Å². The van der Waals surface area contributed by atoms with Gasteiger partial charge in [0.2, 0.25) is 0 Å². The molecule has 3 aliphatic rings. The number of carbonyl (C=O) groups is 1. The van der Waals surface area contributed by atoms with Gasteiger partial charge in [-0.3, -0.25) is 4.79 Å². The lowest BCUT2D eigenvalue weighted by atomic mass is 9.63. The summed E-state index contributed by atoms with van der Waals surface area (Å²) in [5.41, 5.74) is 2.23. The molecular weight excluding hydrogens is 308 g/mol. The molecule has 1 unspecified atom stereocenters. The Morgan fingerprint density at radius 3 is 2.04 bits per heavy atom. The molecular formula is C23H26O2. The Labute approximate surface area is 150 Å². The van der Waals surface area contributed by atoms with Gasteiger partial charge in [0.25, 0.3) is 0 Å². The van der Waals surface area contributed by atoms with Crippen LogP contribution in [0.4, 0.5) is 0 Å². The van der Waals surface area contributed by atoms with Crippen LogP contribution in [0.5, 0.6) is 11.5 Å². The van der Waals surface area contributed by atoms with Crippen molar-refractivity contribution in [1.29, 1.82) is 0 Å². The molecule has 0 heterocycles. The van der Waals surface area contributed by atoms with E-state index in [9.17, 15) is 4.79 Å². The van der Waals surface area contributed by atoms with Crippen LogP contribution in [0, 0.1) is 11.8 Å². The second kappa shape index (κ2) is 7.03. The van der Waals surface area contributed by atoms with Crippen molar-refractivity contribution in [3.63, 3.8) is 0 Å². The van der Waals surface area contributed by atoms with E-state index in [0.717, 1.165) is 34.8 Å². The summed E-state index contributed by atoms with van der Waals surface area (Å²) in [6, 6.07) is 16.1. The molecule has 2 nitrogen and oxygen atoms in total. The Bertz CT molecular complexity index is 722. The topological polar surface area (TPSA) is 26.3 Å². The van der Waals surface area contributed by atoms with Gasteiger partial charge in [-0.2, -0.15) is 0 Å². The second-order valence-corrected chi connectivity index (χ2v) is 7.60. The zero-order valence-corrected chi connectivity index (χ0v) is 14.9. The molecule has 0 amide bonds. The molecule has 5 rings (SSSR count).